The molecule has 90 valence electrons. The van der Waals surface area contributed by atoms with Crippen LogP contribution in [0.25, 0.3) is 0 Å². The fraction of sp³-hybridized carbons (Fsp3) is 0.714. The van der Waals surface area contributed by atoms with Crippen molar-refractivity contribution >= 4 is 0 Å². The summed E-state index contributed by atoms with van der Waals surface area (Å²) in [6, 6.07) is 5.00. The lowest BCUT2D eigenvalue weighted by molar-refractivity contribution is 0.213. The SMILES string of the molecule is CC1CCC(N[C@H](C)c2ccco2)CC1C. The van der Waals surface area contributed by atoms with Gasteiger partial charge < -0.3 is 9.73 Å². The number of hydrogen-bond donors (Lipinski definition) is 1. The second-order valence-electron chi connectivity index (χ2n) is 5.37. The molecule has 1 aromatic heterocycles. The summed E-state index contributed by atoms with van der Waals surface area (Å²) in [6.07, 6.45) is 5.70. The minimum Gasteiger partial charge on any atom is -0.468 e. The fourth-order valence-corrected chi connectivity index (χ4v) is 2.67. The Morgan fingerprint density at radius 2 is 2.12 bits per heavy atom. The minimum absolute atomic E-state index is 0.334. The van der Waals surface area contributed by atoms with Gasteiger partial charge >= 0.3 is 0 Å². The van der Waals surface area contributed by atoms with E-state index in [9.17, 15) is 0 Å². The van der Waals surface area contributed by atoms with E-state index in [1.54, 1.807) is 6.26 Å². The van der Waals surface area contributed by atoms with E-state index in [1.807, 2.05) is 12.1 Å². The molecule has 2 heteroatoms. The third kappa shape index (κ3) is 2.67. The Morgan fingerprint density at radius 3 is 2.75 bits per heavy atom. The second-order valence-corrected chi connectivity index (χ2v) is 5.37. The summed E-state index contributed by atoms with van der Waals surface area (Å²) >= 11 is 0. The highest BCUT2D eigenvalue weighted by molar-refractivity contribution is 5.03. The van der Waals surface area contributed by atoms with Crippen molar-refractivity contribution in [1.29, 1.82) is 0 Å². The van der Waals surface area contributed by atoms with E-state index in [0.717, 1.165) is 17.6 Å². The average molecular weight is 221 g/mol. The van der Waals surface area contributed by atoms with E-state index in [0.29, 0.717) is 12.1 Å². The molecule has 0 radical (unpaired) electrons. The molecule has 0 amide bonds. The summed E-state index contributed by atoms with van der Waals surface area (Å²) < 4.78 is 5.42. The van der Waals surface area contributed by atoms with Crippen LogP contribution in [0.4, 0.5) is 0 Å². The summed E-state index contributed by atoms with van der Waals surface area (Å²) in [5.74, 6) is 2.78. The van der Waals surface area contributed by atoms with Gasteiger partial charge in [0, 0.05) is 6.04 Å². The Kier molecular flexibility index (Phi) is 3.70. The molecule has 0 spiro atoms. The number of furan rings is 1. The zero-order valence-electron chi connectivity index (χ0n) is 10.6. The monoisotopic (exact) mass is 221 g/mol. The van der Waals surface area contributed by atoms with Gasteiger partial charge in [0.15, 0.2) is 0 Å². The lowest BCUT2D eigenvalue weighted by Gasteiger charge is -2.34. The van der Waals surface area contributed by atoms with E-state index < -0.39 is 0 Å². The van der Waals surface area contributed by atoms with Gasteiger partial charge in [0.25, 0.3) is 0 Å². The maximum absolute atomic E-state index is 5.42. The Labute approximate surface area is 98.4 Å². The molecular formula is C14H23NO. The van der Waals surface area contributed by atoms with Gasteiger partial charge in [0.05, 0.1) is 12.3 Å². The van der Waals surface area contributed by atoms with Crippen molar-refractivity contribution in [3.05, 3.63) is 24.2 Å². The topological polar surface area (TPSA) is 25.2 Å². The first-order valence-electron chi connectivity index (χ1n) is 6.46. The highest BCUT2D eigenvalue weighted by Crippen LogP contribution is 2.30. The molecule has 3 unspecified atom stereocenters. The van der Waals surface area contributed by atoms with Gasteiger partial charge in [0.1, 0.15) is 5.76 Å². The van der Waals surface area contributed by atoms with Crippen molar-refractivity contribution in [3.8, 4) is 0 Å². The molecular weight excluding hydrogens is 198 g/mol. The zero-order chi connectivity index (χ0) is 11.5. The van der Waals surface area contributed by atoms with Crippen LogP contribution in [-0.4, -0.2) is 6.04 Å². The molecule has 1 aliphatic rings. The first-order valence-corrected chi connectivity index (χ1v) is 6.46. The molecule has 0 aromatic carbocycles. The molecule has 1 N–H and O–H groups in total. The fourth-order valence-electron chi connectivity index (χ4n) is 2.67. The van der Waals surface area contributed by atoms with Crippen molar-refractivity contribution in [2.45, 2.75) is 52.1 Å². The number of rotatable bonds is 3. The maximum Gasteiger partial charge on any atom is 0.120 e. The quantitative estimate of drug-likeness (QED) is 0.840. The highest BCUT2D eigenvalue weighted by atomic mass is 16.3. The van der Waals surface area contributed by atoms with E-state index >= 15 is 0 Å². The number of nitrogens with one attached hydrogen (secondary N) is 1. The third-order valence-electron chi connectivity index (χ3n) is 4.05. The van der Waals surface area contributed by atoms with E-state index in [2.05, 4.69) is 26.1 Å². The van der Waals surface area contributed by atoms with Crippen LogP contribution in [0, 0.1) is 11.8 Å². The van der Waals surface area contributed by atoms with Gasteiger partial charge in [0.2, 0.25) is 0 Å². The predicted octanol–water partition coefficient (Wildman–Crippen LogP) is 3.75. The summed E-state index contributed by atoms with van der Waals surface area (Å²) in [6.45, 7) is 6.93. The molecule has 1 fully saturated rings. The van der Waals surface area contributed by atoms with E-state index in [-0.39, 0.29) is 0 Å². The van der Waals surface area contributed by atoms with Crippen LogP contribution in [0.3, 0.4) is 0 Å². The molecule has 1 saturated carbocycles. The Morgan fingerprint density at radius 1 is 1.31 bits per heavy atom. The third-order valence-corrected chi connectivity index (χ3v) is 4.05. The van der Waals surface area contributed by atoms with Gasteiger partial charge in [-0.3, -0.25) is 0 Å². The van der Waals surface area contributed by atoms with Gasteiger partial charge in [-0.1, -0.05) is 13.8 Å². The predicted molar refractivity (Wildman–Crippen MR) is 66.2 cm³/mol. The lowest BCUT2D eigenvalue weighted by atomic mass is 9.79. The molecule has 2 nitrogen and oxygen atoms in total. The summed E-state index contributed by atoms with van der Waals surface area (Å²) in [5.41, 5.74) is 0. The second kappa shape index (κ2) is 5.05. The Balaban J connectivity index is 1.86. The molecule has 1 aromatic rings. The summed E-state index contributed by atoms with van der Waals surface area (Å²) in [7, 11) is 0. The molecule has 1 aliphatic carbocycles. The van der Waals surface area contributed by atoms with Crippen LogP contribution in [0.1, 0.15) is 51.8 Å². The first-order chi connectivity index (χ1) is 7.66. The van der Waals surface area contributed by atoms with E-state index in [4.69, 9.17) is 4.42 Å². The maximum atomic E-state index is 5.42. The summed E-state index contributed by atoms with van der Waals surface area (Å²) in [5, 5.41) is 3.68. The largest absolute Gasteiger partial charge is 0.468 e. The van der Waals surface area contributed by atoms with E-state index in [1.165, 1.54) is 19.3 Å². The molecule has 1 heterocycles. The Hall–Kier alpha value is -0.760. The number of hydrogen-bond acceptors (Lipinski definition) is 2. The summed E-state index contributed by atoms with van der Waals surface area (Å²) in [4.78, 5) is 0. The van der Waals surface area contributed by atoms with Crippen LogP contribution < -0.4 is 5.32 Å². The van der Waals surface area contributed by atoms with Gasteiger partial charge in [-0.05, 0) is 50.2 Å². The van der Waals surface area contributed by atoms with Crippen molar-refractivity contribution < 1.29 is 4.42 Å². The molecule has 16 heavy (non-hydrogen) atoms. The average Bonchev–Trinajstić information content (AvgIpc) is 2.77. The van der Waals surface area contributed by atoms with Crippen molar-refractivity contribution in [1.82, 2.24) is 5.32 Å². The molecule has 2 rings (SSSR count). The van der Waals surface area contributed by atoms with Crippen LogP contribution in [0.5, 0.6) is 0 Å². The first kappa shape index (κ1) is 11.7. The van der Waals surface area contributed by atoms with Crippen LogP contribution in [-0.2, 0) is 0 Å². The molecule has 0 aliphatic heterocycles. The smallest absolute Gasteiger partial charge is 0.120 e. The molecule has 0 bridgehead atoms. The van der Waals surface area contributed by atoms with Crippen LogP contribution >= 0.6 is 0 Å². The van der Waals surface area contributed by atoms with Gasteiger partial charge in [-0.2, -0.15) is 0 Å². The van der Waals surface area contributed by atoms with Crippen LogP contribution in [0.2, 0.25) is 0 Å². The van der Waals surface area contributed by atoms with Crippen molar-refractivity contribution in [3.63, 3.8) is 0 Å². The standard InChI is InChI=1S/C14H23NO/c1-10-6-7-13(9-11(10)2)15-12(3)14-5-4-8-16-14/h4-5,8,10-13,15H,6-7,9H2,1-3H3/t10?,11?,12-,13?/m1/s1. The molecule has 4 atom stereocenters. The lowest BCUT2D eigenvalue weighted by Crippen LogP contribution is -2.37. The Bertz CT molecular complexity index is 307. The van der Waals surface area contributed by atoms with Gasteiger partial charge in [-0.15, -0.1) is 0 Å². The minimum atomic E-state index is 0.334. The highest BCUT2D eigenvalue weighted by Gasteiger charge is 2.25. The molecule has 0 saturated heterocycles. The normalized spacial score (nSPS) is 32.6. The van der Waals surface area contributed by atoms with Crippen molar-refractivity contribution in [2.24, 2.45) is 11.8 Å². The van der Waals surface area contributed by atoms with Crippen LogP contribution in [0.15, 0.2) is 22.8 Å². The zero-order valence-corrected chi connectivity index (χ0v) is 10.6. The van der Waals surface area contributed by atoms with Crippen molar-refractivity contribution in [2.75, 3.05) is 0 Å². The van der Waals surface area contributed by atoms with Gasteiger partial charge in [-0.25, -0.2) is 0 Å².